The van der Waals surface area contributed by atoms with Crippen LogP contribution in [0.2, 0.25) is 0 Å². The average Bonchev–Trinajstić information content (AvgIpc) is 3.20. The number of carbonyl (C=O) groups excluding carboxylic acids is 1. The Morgan fingerprint density at radius 3 is 2.14 bits per heavy atom. The van der Waals surface area contributed by atoms with Crippen molar-refractivity contribution < 1.29 is 48.3 Å². The highest BCUT2D eigenvalue weighted by molar-refractivity contribution is 7.92. The number of hydrogen-bond donors (Lipinski definition) is 0. The van der Waals surface area contributed by atoms with E-state index in [1.807, 2.05) is 0 Å². The molecular formula is C20H17F8N3O3S. The van der Waals surface area contributed by atoms with E-state index in [2.05, 4.69) is 5.10 Å². The molecule has 6 nitrogen and oxygen atoms in total. The summed E-state index contributed by atoms with van der Waals surface area (Å²) >= 11 is 0. The molecule has 1 aromatic carbocycles. The van der Waals surface area contributed by atoms with Gasteiger partial charge in [0, 0.05) is 18.7 Å². The lowest BCUT2D eigenvalue weighted by atomic mass is 9.91. The normalized spacial score (nSPS) is 23.9. The van der Waals surface area contributed by atoms with Gasteiger partial charge in [0.05, 0.1) is 17.0 Å². The minimum absolute atomic E-state index is 0.0413. The third kappa shape index (κ3) is 4.49. The average molecular weight is 531 g/mol. The summed E-state index contributed by atoms with van der Waals surface area (Å²) in [7, 11) is -5.05. The van der Waals surface area contributed by atoms with Gasteiger partial charge in [-0.15, -0.1) is 0 Å². The number of rotatable bonds is 3. The largest absolute Gasteiger partial charge is 0.435 e. The molecule has 1 saturated carbocycles. The van der Waals surface area contributed by atoms with Gasteiger partial charge in [-0.25, -0.2) is 17.2 Å². The molecule has 1 aliphatic heterocycles. The van der Waals surface area contributed by atoms with Crippen LogP contribution >= 0.6 is 0 Å². The molecule has 0 spiro atoms. The highest BCUT2D eigenvalue weighted by Gasteiger charge is 2.50. The van der Waals surface area contributed by atoms with Crippen LogP contribution in [0.3, 0.4) is 0 Å². The maximum Gasteiger partial charge on any atom is 0.435 e. The summed E-state index contributed by atoms with van der Waals surface area (Å²) in [6.45, 7) is -0.101. The minimum atomic E-state index is -5.05. The Balaban J connectivity index is 1.53. The Hall–Kier alpha value is -2.71. The molecule has 2 aliphatic rings. The summed E-state index contributed by atoms with van der Waals surface area (Å²) in [5, 5.41) is 0.357. The van der Waals surface area contributed by atoms with Gasteiger partial charge in [-0.3, -0.25) is 9.48 Å². The van der Waals surface area contributed by atoms with Crippen molar-refractivity contribution in [1.82, 2.24) is 14.7 Å². The Morgan fingerprint density at radius 2 is 1.57 bits per heavy atom. The Kier molecular flexibility index (Phi) is 5.92. The summed E-state index contributed by atoms with van der Waals surface area (Å²) in [6.07, 6.45) is -11.7. The van der Waals surface area contributed by atoms with E-state index in [1.165, 1.54) is 4.90 Å². The van der Waals surface area contributed by atoms with Crippen molar-refractivity contribution in [3.8, 4) is 0 Å². The van der Waals surface area contributed by atoms with Gasteiger partial charge in [0.1, 0.15) is 11.5 Å². The molecule has 1 fully saturated rings. The molecular weight excluding hydrogens is 514 g/mol. The van der Waals surface area contributed by atoms with Crippen LogP contribution in [0.4, 0.5) is 35.1 Å². The van der Waals surface area contributed by atoms with Gasteiger partial charge in [0.15, 0.2) is 5.69 Å². The first-order chi connectivity index (χ1) is 16.0. The number of hydrogen-bond acceptors (Lipinski definition) is 4. The van der Waals surface area contributed by atoms with Crippen molar-refractivity contribution in [2.45, 2.75) is 60.5 Å². The standard InChI is InChI=1S/C20H17F8N3O3S/c21-12-7-11(19(23,24)25)8-14(9-12)35(33,34)18(22)3-1-13(2-4-18)30-5-6-31-15(17(30)32)10-16(29-31)20(26,27)28/h7-10,13H,1-6H2. The molecule has 0 unspecified atom stereocenters. The zero-order valence-corrected chi connectivity index (χ0v) is 18.4. The number of benzene rings is 1. The third-order valence-corrected chi connectivity index (χ3v) is 8.46. The van der Waals surface area contributed by atoms with Gasteiger partial charge >= 0.3 is 12.4 Å². The van der Waals surface area contributed by atoms with Gasteiger partial charge < -0.3 is 4.90 Å². The van der Waals surface area contributed by atoms with Crippen molar-refractivity contribution in [3.05, 3.63) is 47.0 Å². The number of fused-ring (bicyclic) bond motifs is 1. The molecule has 0 bridgehead atoms. The van der Waals surface area contributed by atoms with E-state index < -0.39 is 74.0 Å². The van der Waals surface area contributed by atoms with Gasteiger partial charge in [0.2, 0.25) is 14.8 Å². The lowest BCUT2D eigenvalue weighted by Gasteiger charge is -2.40. The molecule has 192 valence electrons. The summed E-state index contributed by atoms with van der Waals surface area (Å²) in [6, 6.07) is 0.462. The molecule has 0 N–H and O–H groups in total. The second-order valence-corrected chi connectivity index (χ2v) is 10.6. The van der Waals surface area contributed by atoms with Crippen molar-refractivity contribution in [2.24, 2.45) is 0 Å². The van der Waals surface area contributed by atoms with E-state index in [4.69, 9.17) is 0 Å². The summed E-state index contributed by atoms with van der Waals surface area (Å²) in [4.78, 5) is 12.8. The lowest BCUT2D eigenvalue weighted by Crippen LogP contribution is -2.50. The van der Waals surface area contributed by atoms with Crippen LogP contribution in [0.1, 0.15) is 47.4 Å². The Bertz CT molecular complexity index is 1260. The van der Waals surface area contributed by atoms with E-state index >= 15 is 4.39 Å². The molecule has 2 aromatic rings. The number of halogens is 8. The highest BCUT2D eigenvalue weighted by Crippen LogP contribution is 2.43. The molecule has 4 rings (SSSR count). The molecule has 15 heteroatoms. The smallest absolute Gasteiger partial charge is 0.332 e. The third-order valence-electron chi connectivity index (χ3n) is 6.24. The fraction of sp³-hybridized carbons (Fsp3) is 0.500. The first-order valence-electron chi connectivity index (χ1n) is 10.3. The van der Waals surface area contributed by atoms with Crippen LogP contribution in [0.15, 0.2) is 29.2 Å². The number of alkyl halides is 7. The van der Waals surface area contributed by atoms with Crippen molar-refractivity contribution in [2.75, 3.05) is 6.54 Å². The van der Waals surface area contributed by atoms with Crippen LogP contribution in [-0.2, 0) is 28.7 Å². The molecule has 35 heavy (non-hydrogen) atoms. The fourth-order valence-corrected chi connectivity index (χ4v) is 6.15. The molecule has 0 atom stereocenters. The minimum Gasteiger partial charge on any atom is -0.332 e. The fourth-order valence-electron chi connectivity index (χ4n) is 4.40. The number of nitrogens with zero attached hydrogens (tertiary/aromatic N) is 3. The van der Waals surface area contributed by atoms with Crippen LogP contribution < -0.4 is 0 Å². The van der Waals surface area contributed by atoms with Gasteiger partial charge in [0.25, 0.3) is 5.91 Å². The number of carbonyl (C=O) groups is 1. The zero-order valence-electron chi connectivity index (χ0n) is 17.6. The van der Waals surface area contributed by atoms with Gasteiger partial charge in [-0.05, 0) is 43.9 Å². The Labute approximate surface area is 193 Å². The Morgan fingerprint density at radius 1 is 0.943 bits per heavy atom. The van der Waals surface area contributed by atoms with Gasteiger partial charge in [-0.1, -0.05) is 0 Å². The van der Waals surface area contributed by atoms with E-state index in [9.17, 15) is 43.9 Å². The SMILES string of the molecule is O=C1c2cc(C(F)(F)F)nn2CCN1C1CCC(F)(S(=O)(=O)c2cc(F)cc(C(F)(F)F)c2)CC1. The molecule has 1 amide bonds. The van der Waals surface area contributed by atoms with Crippen molar-refractivity contribution in [3.63, 3.8) is 0 Å². The lowest BCUT2D eigenvalue weighted by molar-refractivity contribution is -0.141. The highest BCUT2D eigenvalue weighted by atomic mass is 32.2. The monoisotopic (exact) mass is 531 g/mol. The van der Waals surface area contributed by atoms with Crippen LogP contribution in [-0.4, -0.2) is 46.6 Å². The summed E-state index contributed by atoms with van der Waals surface area (Å²) in [5.74, 6) is -2.28. The first-order valence-corrected chi connectivity index (χ1v) is 11.8. The zero-order chi connectivity index (χ0) is 26.0. The van der Waals surface area contributed by atoms with E-state index in [0.29, 0.717) is 12.1 Å². The molecule has 1 aromatic heterocycles. The van der Waals surface area contributed by atoms with Crippen LogP contribution in [0, 0.1) is 5.82 Å². The predicted octanol–water partition coefficient (Wildman–Crippen LogP) is 4.60. The summed E-state index contributed by atoms with van der Waals surface area (Å²) < 4.78 is 134. The maximum absolute atomic E-state index is 15.6. The quantitative estimate of drug-likeness (QED) is 0.543. The second kappa shape index (κ2) is 8.17. The van der Waals surface area contributed by atoms with E-state index in [-0.39, 0.29) is 43.8 Å². The van der Waals surface area contributed by atoms with E-state index in [0.717, 1.165) is 4.68 Å². The number of sulfone groups is 1. The topological polar surface area (TPSA) is 72.3 Å². The number of amides is 1. The first kappa shape index (κ1) is 25.4. The predicted molar refractivity (Wildman–Crippen MR) is 103 cm³/mol. The van der Waals surface area contributed by atoms with Crippen LogP contribution in [0.5, 0.6) is 0 Å². The van der Waals surface area contributed by atoms with E-state index in [1.54, 1.807) is 0 Å². The molecule has 0 radical (unpaired) electrons. The van der Waals surface area contributed by atoms with Crippen molar-refractivity contribution >= 4 is 15.7 Å². The number of aromatic nitrogens is 2. The molecule has 1 aliphatic carbocycles. The molecule has 0 saturated heterocycles. The van der Waals surface area contributed by atoms with Gasteiger partial charge in [-0.2, -0.15) is 31.4 Å². The van der Waals surface area contributed by atoms with Crippen LogP contribution in [0.25, 0.3) is 0 Å². The second-order valence-electron chi connectivity index (χ2n) is 8.43. The maximum atomic E-state index is 15.6. The van der Waals surface area contributed by atoms with Crippen molar-refractivity contribution in [1.29, 1.82) is 0 Å². The summed E-state index contributed by atoms with van der Waals surface area (Å²) in [5.41, 5.74) is -3.14. The molecule has 2 heterocycles.